The van der Waals surface area contributed by atoms with Gasteiger partial charge in [0.05, 0.1) is 17.8 Å². The number of ether oxygens (including phenoxy) is 1. The molecule has 0 aliphatic carbocycles. The maximum absolute atomic E-state index is 15.2. The lowest BCUT2D eigenvalue weighted by Crippen LogP contribution is -2.50. The second kappa shape index (κ2) is 10.8. The molecular formula is C28H30FN5O3. The molecule has 0 spiro atoms. The van der Waals surface area contributed by atoms with E-state index in [-0.39, 0.29) is 12.2 Å². The van der Waals surface area contributed by atoms with Gasteiger partial charge in [-0.15, -0.1) is 5.10 Å². The van der Waals surface area contributed by atoms with Crippen LogP contribution in [-0.2, 0) is 16.1 Å². The summed E-state index contributed by atoms with van der Waals surface area (Å²) >= 11 is 0. The third-order valence-electron chi connectivity index (χ3n) is 5.60. The van der Waals surface area contributed by atoms with E-state index in [2.05, 4.69) is 15.6 Å². The molecule has 192 valence electrons. The van der Waals surface area contributed by atoms with Gasteiger partial charge in [0.15, 0.2) is 0 Å². The van der Waals surface area contributed by atoms with E-state index in [0.29, 0.717) is 29.0 Å². The highest BCUT2D eigenvalue weighted by Crippen LogP contribution is 2.32. The predicted molar refractivity (Wildman–Crippen MR) is 140 cm³/mol. The molecule has 0 fully saturated rings. The first-order valence-electron chi connectivity index (χ1n) is 12.1. The van der Waals surface area contributed by atoms with Crippen molar-refractivity contribution in [3.05, 3.63) is 84.2 Å². The van der Waals surface area contributed by atoms with Crippen molar-refractivity contribution in [3.8, 4) is 5.75 Å². The number of amides is 2. The average Bonchev–Trinajstić information content (AvgIpc) is 3.25. The molecule has 1 unspecified atom stereocenters. The largest absolute Gasteiger partial charge is 0.494 e. The SMILES string of the molecule is CCOc1ccc(C(C(=O)NC(C)(C)C)N(C(=O)Cn2nnc3ccccc32)c2ccccc2F)cc1. The molecule has 8 nitrogen and oxygen atoms in total. The number of aromatic nitrogens is 3. The van der Waals surface area contributed by atoms with E-state index in [1.54, 1.807) is 42.5 Å². The van der Waals surface area contributed by atoms with Crippen LogP contribution < -0.4 is 15.0 Å². The molecule has 2 amide bonds. The maximum Gasteiger partial charge on any atom is 0.249 e. The lowest BCUT2D eigenvalue weighted by Gasteiger charge is -2.34. The smallest absolute Gasteiger partial charge is 0.249 e. The first-order chi connectivity index (χ1) is 17.7. The maximum atomic E-state index is 15.2. The Morgan fingerprint density at radius 2 is 1.70 bits per heavy atom. The standard InChI is InChI=1S/C28H30FN5O3/c1-5-37-20-16-14-19(15-17-20)26(27(36)30-28(2,3)4)34(23-12-8-6-10-21(23)29)25(35)18-33-24-13-9-7-11-22(24)31-32-33/h6-17,26H,5,18H2,1-4H3,(H,30,36). The highest BCUT2D eigenvalue weighted by atomic mass is 19.1. The van der Waals surface area contributed by atoms with Crippen molar-refractivity contribution in [1.29, 1.82) is 0 Å². The molecule has 0 aliphatic rings. The summed E-state index contributed by atoms with van der Waals surface area (Å²) in [6, 6.07) is 18.9. The van der Waals surface area contributed by atoms with Gasteiger partial charge in [-0.3, -0.25) is 14.5 Å². The minimum atomic E-state index is -1.16. The molecule has 9 heteroatoms. The lowest BCUT2D eigenvalue weighted by molar-refractivity contribution is -0.128. The number of nitrogens with zero attached hydrogens (tertiary/aromatic N) is 4. The molecule has 37 heavy (non-hydrogen) atoms. The number of halogens is 1. The summed E-state index contributed by atoms with van der Waals surface area (Å²) in [7, 11) is 0. The number of rotatable bonds is 8. The molecule has 0 bridgehead atoms. The van der Waals surface area contributed by atoms with Gasteiger partial charge in [-0.1, -0.05) is 41.6 Å². The summed E-state index contributed by atoms with van der Waals surface area (Å²) in [6.45, 7) is 7.65. The summed E-state index contributed by atoms with van der Waals surface area (Å²) in [4.78, 5) is 28.8. The molecule has 1 aromatic heterocycles. The quantitative estimate of drug-likeness (QED) is 0.378. The van der Waals surface area contributed by atoms with Crippen molar-refractivity contribution in [2.45, 2.75) is 45.8 Å². The van der Waals surface area contributed by atoms with E-state index in [1.807, 2.05) is 39.8 Å². The van der Waals surface area contributed by atoms with Crippen LogP contribution in [0.5, 0.6) is 5.75 Å². The minimum Gasteiger partial charge on any atom is -0.494 e. The van der Waals surface area contributed by atoms with E-state index >= 15 is 4.39 Å². The molecule has 0 saturated heterocycles. The van der Waals surface area contributed by atoms with Gasteiger partial charge in [-0.25, -0.2) is 9.07 Å². The Balaban J connectivity index is 1.82. The summed E-state index contributed by atoms with van der Waals surface area (Å²) in [5, 5.41) is 11.2. The van der Waals surface area contributed by atoms with E-state index in [9.17, 15) is 9.59 Å². The Bertz CT molecular complexity index is 1390. The highest BCUT2D eigenvalue weighted by Gasteiger charge is 2.36. The third-order valence-corrected chi connectivity index (χ3v) is 5.60. The first-order valence-corrected chi connectivity index (χ1v) is 12.1. The van der Waals surface area contributed by atoms with E-state index in [4.69, 9.17) is 4.74 Å². The van der Waals surface area contributed by atoms with Gasteiger partial charge in [-0.2, -0.15) is 0 Å². The van der Waals surface area contributed by atoms with Crippen molar-refractivity contribution in [2.24, 2.45) is 0 Å². The molecule has 0 radical (unpaired) electrons. The Morgan fingerprint density at radius 1 is 1.03 bits per heavy atom. The van der Waals surface area contributed by atoms with Gasteiger partial charge in [-0.05, 0) is 69.7 Å². The highest BCUT2D eigenvalue weighted by molar-refractivity contribution is 6.01. The van der Waals surface area contributed by atoms with Crippen molar-refractivity contribution in [1.82, 2.24) is 20.3 Å². The Kier molecular flexibility index (Phi) is 7.52. The first kappa shape index (κ1) is 25.8. The molecule has 1 heterocycles. The topological polar surface area (TPSA) is 89.4 Å². The molecule has 1 atom stereocenters. The van der Waals surface area contributed by atoms with Gasteiger partial charge in [0.1, 0.15) is 29.7 Å². The Morgan fingerprint density at radius 3 is 2.38 bits per heavy atom. The van der Waals surface area contributed by atoms with E-state index in [0.717, 1.165) is 0 Å². The number of hydrogen-bond acceptors (Lipinski definition) is 5. The van der Waals surface area contributed by atoms with Crippen LogP contribution in [0, 0.1) is 5.82 Å². The van der Waals surface area contributed by atoms with Crippen molar-refractivity contribution >= 4 is 28.5 Å². The number of para-hydroxylation sites is 2. The number of benzene rings is 3. The van der Waals surface area contributed by atoms with Crippen LogP contribution in [0.4, 0.5) is 10.1 Å². The fraction of sp³-hybridized carbons (Fsp3) is 0.286. The molecular weight excluding hydrogens is 473 g/mol. The number of fused-ring (bicyclic) bond motifs is 1. The second-order valence-electron chi connectivity index (χ2n) is 9.59. The summed E-state index contributed by atoms with van der Waals surface area (Å²) in [5.74, 6) is -0.974. The normalized spacial score (nSPS) is 12.2. The number of carbonyl (C=O) groups is 2. The zero-order valence-corrected chi connectivity index (χ0v) is 21.3. The van der Waals surface area contributed by atoms with Gasteiger partial charge >= 0.3 is 0 Å². The van der Waals surface area contributed by atoms with Crippen molar-refractivity contribution in [3.63, 3.8) is 0 Å². The zero-order valence-electron chi connectivity index (χ0n) is 21.3. The van der Waals surface area contributed by atoms with E-state index in [1.165, 1.54) is 27.8 Å². The number of anilines is 1. The molecule has 4 aromatic rings. The van der Waals surface area contributed by atoms with Crippen LogP contribution in [0.1, 0.15) is 39.3 Å². The van der Waals surface area contributed by atoms with Crippen LogP contribution in [0.3, 0.4) is 0 Å². The summed E-state index contributed by atoms with van der Waals surface area (Å²) < 4.78 is 22.2. The zero-order chi connectivity index (χ0) is 26.6. The van der Waals surface area contributed by atoms with Crippen LogP contribution >= 0.6 is 0 Å². The third kappa shape index (κ3) is 5.94. The Labute approximate surface area is 215 Å². The molecule has 3 aromatic carbocycles. The van der Waals surface area contributed by atoms with Crippen LogP contribution in [0.15, 0.2) is 72.8 Å². The van der Waals surface area contributed by atoms with Gasteiger partial charge in [0, 0.05) is 5.54 Å². The van der Waals surface area contributed by atoms with E-state index < -0.39 is 29.2 Å². The van der Waals surface area contributed by atoms with Crippen molar-refractivity contribution in [2.75, 3.05) is 11.5 Å². The Hall–Kier alpha value is -4.27. The monoisotopic (exact) mass is 503 g/mol. The second-order valence-corrected chi connectivity index (χ2v) is 9.59. The fourth-order valence-corrected chi connectivity index (χ4v) is 4.07. The fourth-order valence-electron chi connectivity index (χ4n) is 4.07. The number of nitrogens with one attached hydrogen (secondary N) is 1. The molecule has 1 N–H and O–H groups in total. The van der Waals surface area contributed by atoms with Crippen LogP contribution in [0.25, 0.3) is 11.0 Å². The van der Waals surface area contributed by atoms with Gasteiger partial charge < -0.3 is 10.1 Å². The predicted octanol–water partition coefficient (Wildman–Crippen LogP) is 4.66. The lowest BCUT2D eigenvalue weighted by atomic mass is 10.0. The minimum absolute atomic E-state index is 0.0140. The van der Waals surface area contributed by atoms with Crippen molar-refractivity contribution < 1.29 is 18.7 Å². The number of carbonyl (C=O) groups excluding carboxylic acids is 2. The molecule has 0 saturated carbocycles. The number of hydrogen-bond donors (Lipinski definition) is 1. The summed E-state index contributed by atoms with van der Waals surface area (Å²) in [6.07, 6.45) is 0. The summed E-state index contributed by atoms with van der Waals surface area (Å²) in [5.41, 5.74) is 1.18. The average molecular weight is 504 g/mol. The van der Waals surface area contributed by atoms with Crippen LogP contribution in [-0.4, -0.2) is 39.0 Å². The molecule has 4 rings (SSSR count). The van der Waals surface area contributed by atoms with Gasteiger partial charge in [0.25, 0.3) is 0 Å². The van der Waals surface area contributed by atoms with Gasteiger partial charge in [0.2, 0.25) is 11.8 Å². The molecule has 0 aliphatic heterocycles. The van der Waals surface area contributed by atoms with Crippen LogP contribution in [0.2, 0.25) is 0 Å².